The first-order chi connectivity index (χ1) is 16.1. The first-order valence-corrected chi connectivity index (χ1v) is 11.7. The number of rotatable bonds is 4. The highest BCUT2D eigenvalue weighted by Crippen LogP contribution is 2.26. The van der Waals surface area contributed by atoms with Gasteiger partial charge in [-0.3, -0.25) is 9.59 Å². The normalized spacial score (nSPS) is 19.0. The number of nitrogens with zero attached hydrogens (tertiary/aromatic N) is 5. The fraction of sp³-hybridized carbons (Fsp3) is 0.400. The topological polar surface area (TPSA) is 63.4 Å². The average molecular weight is 450 g/mol. The van der Waals surface area contributed by atoms with Crippen LogP contribution < -0.4 is 0 Å². The molecule has 0 N–H and O–H groups in total. The van der Waals surface area contributed by atoms with E-state index >= 15 is 0 Å². The smallest absolute Gasteiger partial charge is 0.259 e. The van der Waals surface area contributed by atoms with Gasteiger partial charge in [0.15, 0.2) is 5.82 Å². The number of piperidine rings is 2. The zero-order valence-electron chi connectivity index (χ0n) is 18.6. The summed E-state index contributed by atoms with van der Waals surface area (Å²) < 4.78 is 16.9. The number of carbonyl (C=O) groups excluding carboxylic acids is 2. The molecule has 1 aromatic carbocycles. The monoisotopic (exact) mass is 449 g/mol. The van der Waals surface area contributed by atoms with E-state index in [-0.39, 0.29) is 23.5 Å². The van der Waals surface area contributed by atoms with E-state index in [0.717, 1.165) is 38.8 Å². The lowest BCUT2D eigenvalue weighted by molar-refractivity contribution is -0.137. The fourth-order valence-electron chi connectivity index (χ4n) is 4.89. The highest BCUT2D eigenvalue weighted by Gasteiger charge is 2.33. The molecule has 2 fully saturated rings. The Morgan fingerprint density at radius 1 is 0.909 bits per heavy atom. The fourth-order valence-corrected chi connectivity index (χ4v) is 4.89. The second-order valence-electron chi connectivity index (χ2n) is 8.84. The third kappa shape index (κ3) is 4.29. The number of hydrogen-bond acceptors (Lipinski definition) is 3. The molecule has 172 valence electrons. The Hall–Kier alpha value is -3.42. The van der Waals surface area contributed by atoms with Gasteiger partial charge in [0.2, 0.25) is 5.91 Å². The van der Waals surface area contributed by atoms with E-state index in [1.54, 1.807) is 27.9 Å². The minimum absolute atomic E-state index is 0.136. The zero-order valence-corrected chi connectivity index (χ0v) is 18.6. The molecule has 7 nitrogen and oxygen atoms in total. The largest absolute Gasteiger partial charge is 0.342 e. The average Bonchev–Trinajstić information content (AvgIpc) is 3.54. The van der Waals surface area contributed by atoms with Gasteiger partial charge in [0.1, 0.15) is 11.4 Å². The van der Waals surface area contributed by atoms with Crippen LogP contribution in [0.5, 0.6) is 0 Å². The van der Waals surface area contributed by atoms with Crippen molar-refractivity contribution in [3.8, 4) is 11.5 Å². The Morgan fingerprint density at radius 2 is 1.61 bits per heavy atom. The minimum Gasteiger partial charge on any atom is -0.342 e. The van der Waals surface area contributed by atoms with Crippen LogP contribution in [0.3, 0.4) is 0 Å². The summed E-state index contributed by atoms with van der Waals surface area (Å²) in [6, 6.07) is 9.78. The Balaban J connectivity index is 1.42. The van der Waals surface area contributed by atoms with Crippen molar-refractivity contribution in [2.24, 2.45) is 5.92 Å². The molecule has 2 aliphatic heterocycles. The Bertz CT molecular complexity index is 1120. The van der Waals surface area contributed by atoms with Crippen molar-refractivity contribution in [1.29, 1.82) is 0 Å². The van der Waals surface area contributed by atoms with Crippen molar-refractivity contribution in [2.75, 3.05) is 26.2 Å². The van der Waals surface area contributed by atoms with E-state index in [9.17, 15) is 14.0 Å². The van der Waals surface area contributed by atoms with Crippen LogP contribution in [0, 0.1) is 11.7 Å². The molecule has 2 amide bonds. The second-order valence-corrected chi connectivity index (χ2v) is 8.84. The summed E-state index contributed by atoms with van der Waals surface area (Å²) >= 11 is 0. The van der Waals surface area contributed by atoms with Crippen molar-refractivity contribution < 1.29 is 14.0 Å². The molecule has 2 aromatic heterocycles. The first kappa shape index (κ1) is 21.4. The van der Waals surface area contributed by atoms with Crippen LogP contribution in [-0.2, 0) is 4.79 Å². The molecule has 2 saturated heterocycles. The molecule has 3 aromatic rings. The van der Waals surface area contributed by atoms with E-state index in [4.69, 9.17) is 0 Å². The maximum absolute atomic E-state index is 13.6. The van der Waals surface area contributed by atoms with Crippen LogP contribution in [0.15, 0.2) is 55.0 Å². The summed E-state index contributed by atoms with van der Waals surface area (Å²) in [6.45, 7) is 2.70. The van der Waals surface area contributed by atoms with Crippen LogP contribution in [-0.4, -0.2) is 62.1 Å². The number of halogens is 1. The third-order valence-corrected chi connectivity index (χ3v) is 6.62. The van der Waals surface area contributed by atoms with Gasteiger partial charge in [0.05, 0.1) is 17.8 Å². The van der Waals surface area contributed by atoms with Crippen LogP contribution in [0.4, 0.5) is 4.39 Å². The number of likely N-dealkylation sites (tertiary alicyclic amines) is 2. The quantitative estimate of drug-likeness (QED) is 0.611. The van der Waals surface area contributed by atoms with Crippen molar-refractivity contribution in [3.63, 3.8) is 0 Å². The van der Waals surface area contributed by atoms with Gasteiger partial charge in [-0.25, -0.2) is 9.07 Å². The number of carbonyl (C=O) groups is 2. The predicted molar refractivity (Wildman–Crippen MR) is 122 cm³/mol. The molecule has 0 aliphatic carbocycles. The third-order valence-electron chi connectivity index (χ3n) is 6.62. The van der Waals surface area contributed by atoms with E-state index in [0.29, 0.717) is 30.2 Å². The molecule has 0 bridgehead atoms. The molecule has 1 atom stereocenters. The number of amides is 2. The van der Waals surface area contributed by atoms with Gasteiger partial charge in [-0.2, -0.15) is 5.10 Å². The van der Waals surface area contributed by atoms with Crippen molar-refractivity contribution in [2.45, 2.75) is 32.1 Å². The lowest BCUT2D eigenvalue weighted by atomic mass is 9.95. The number of aromatic nitrogens is 3. The Morgan fingerprint density at radius 3 is 2.33 bits per heavy atom. The SMILES string of the molecule is O=C(c1cnn(-c2ccc(F)cc2)c1-n1cccc1)N1CCC[C@@H](C(=O)N2CCCCC2)C1. The summed E-state index contributed by atoms with van der Waals surface area (Å²) in [7, 11) is 0. The number of benzene rings is 1. The lowest BCUT2D eigenvalue weighted by Gasteiger charge is -2.36. The highest BCUT2D eigenvalue weighted by atomic mass is 19.1. The molecular formula is C25H28FN5O2. The van der Waals surface area contributed by atoms with Gasteiger partial charge in [0.25, 0.3) is 5.91 Å². The molecule has 4 heterocycles. The van der Waals surface area contributed by atoms with Crippen LogP contribution in [0.1, 0.15) is 42.5 Å². The van der Waals surface area contributed by atoms with Crippen molar-refractivity contribution in [3.05, 3.63) is 66.4 Å². The zero-order chi connectivity index (χ0) is 22.8. The van der Waals surface area contributed by atoms with Gasteiger partial charge in [-0.05, 0) is 68.5 Å². The molecule has 33 heavy (non-hydrogen) atoms. The summed E-state index contributed by atoms with van der Waals surface area (Å²) in [6.07, 6.45) is 10.2. The van der Waals surface area contributed by atoms with Crippen molar-refractivity contribution >= 4 is 11.8 Å². The van der Waals surface area contributed by atoms with Gasteiger partial charge in [-0.15, -0.1) is 0 Å². The van der Waals surface area contributed by atoms with E-state index in [1.807, 2.05) is 34.0 Å². The standard InChI is InChI=1S/C25H28FN5O2/c26-20-8-10-21(11-9-20)31-23(28-12-4-5-13-28)22(17-27-31)25(33)30-16-6-7-19(18-30)24(32)29-14-2-1-3-15-29/h4-5,8-13,17,19H,1-3,6-7,14-16,18H2/t19-/m1/s1. The predicted octanol–water partition coefficient (Wildman–Crippen LogP) is 3.67. The van der Waals surface area contributed by atoms with Crippen LogP contribution in [0.2, 0.25) is 0 Å². The minimum atomic E-state index is -0.331. The molecule has 0 spiro atoms. The summed E-state index contributed by atoms with van der Waals surface area (Å²) in [5, 5.41) is 4.47. The van der Waals surface area contributed by atoms with E-state index in [2.05, 4.69) is 5.10 Å². The van der Waals surface area contributed by atoms with E-state index in [1.165, 1.54) is 18.6 Å². The van der Waals surface area contributed by atoms with Gasteiger partial charge in [0, 0.05) is 38.6 Å². The molecule has 2 aliphatic rings. The van der Waals surface area contributed by atoms with E-state index < -0.39 is 0 Å². The van der Waals surface area contributed by atoms with Crippen LogP contribution in [0.25, 0.3) is 11.5 Å². The second kappa shape index (κ2) is 9.21. The lowest BCUT2D eigenvalue weighted by Crippen LogP contribution is -2.48. The Labute approximate surface area is 192 Å². The molecule has 0 radical (unpaired) electrons. The Kier molecular flexibility index (Phi) is 5.98. The highest BCUT2D eigenvalue weighted by molar-refractivity contribution is 5.97. The summed E-state index contributed by atoms with van der Waals surface area (Å²) in [5.41, 5.74) is 1.12. The maximum Gasteiger partial charge on any atom is 0.259 e. The number of hydrogen-bond donors (Lipinski definition) is 0. The maximum atomic E-state index is 13.6. The molecular weight excluding hydrogens is 421 g/mol. The molecule has 8 heteroatoms. The van der Waals surface area contributed by atoms with Gasteiger partial charge < -0.3 is 14.4 Å². The van der Waals surface area contributed by atoms with Gasteiger partial charge in [-0.1, -0.05) is 0 Å². The first-order valence-electron chi connectivity index (χ1n) is 11.7. The molecule has 0 saturated carbocycles. The van der Waals surface area contributed by atoms with Crippen molar-refractivity contribution in [1.82, 2.24) is 24.1 Å². The summed E-state index contributed by atoms with van der Waals surface area (Å²) in [5.74, 6) is 0.162. The molecule has 5 rings (SSSR count). The molecule has 0 unspecified atom stereocenters. The van der Waals surface area contributed by atoms with Gasteiger partial charge >= 0.3 is 0 Å². The summed E-state index contributed by atoms with van der Waals surface area (Å²) in [4.78, 5) is 30.5. The van der Waals surface area contributed by atoms with Crippen LogP contribution >= 0.6 is 0 Å².